The average molecular weight is 894 g/mol. The van der Waals surface area contributed by atoms with Crippen molar-refractivity contribution >= 4 is 11.9 Å². The first-order chi connectivity index (χ1) is 31.5. The molecule has 3 unspecified atom stereocenters. The van der Waals surface area contributed by atoms with Gasteiger partial charge in [-0.2, -0.15) is 0 Å². The van der Waals surface area contributed by atoms with Gasteiger partial charge in [0.25, 0.3) is 0 Å². The highest BCUT2D eigenvalue weighted by atomic mass is 16.5. The van der Waals surface area contributed by atoms with Crippen molar-refractivity contribution in [1.29, 1.82) is 0 Å². The normalized spacial score (nSPS) is 13.8. The van der Waals surface area contributed by atoms with Gasteiger partial charge in [0.05, 0.1) is 25.2 Å². The zero-order valence-corrected chi connectivity index (χ0v) is 42.1. The summed E-state index contributed by atoms with van der Waals surface area (Å²) in [7, 11) is 0. The van der Waals surface area contributed by atoms with Crippen LogP contribution in [0.25, 0.3) is 0 Å². The van der Waals surface area contributed by atoms with E-state index in [-0.39, 0.29) is 24.9 Å². The van der Waals surface area contributed by atoms with Crippen LogP contribution in [0.5, 0.6) is 0 Å². The van der Waals surface area contributed by atoms with Gasteiger partial charge in [-0.3, -0.25) is 9.59 Å². The van der Waals surface area contributed by atoms with E-state index in [1.165, 1.54) is 141 Å². The molecule has 0 fully saturated rings. The van der Waals surface area contributed by atoms with Gasteiger partial charge in [0.1, 0.15) is 6.10 Å². The van der Waals surface area contributed by atoms with Gasteiger partial charge in [0.2, 0.25) is 5.91 Å². The lowest BCUT2D eigenvalue weighted by Crippen LogP contribution is -2.46. The van der Waals surface area contributed by atoms with Crippen molar-refractivity contribution in [1.82, 2.24) is 5.32 Å². The molecule has 6 heteroatoms. The average Bonchev–Trinajstić information content (AvgIpc) is 3.29. The van der Waals surface area contributed by atoms with Gasteiger partial charge in [0.15, 0.2) is 0 Å². The van der Waals surface area contributed by atoms with Crippen molar-refractivity contribution < 1.29 is 24.5 Å². The summed E-state index contributed by atoms with van der Waals surface area (Å²) in [6.07, 6.45) is 65.3. The van der Waals surface area contributed by atoms with Crippen LogP contribution in [0.1, 0.15) is 258 Å². The van der Waals surface area contributed by atoms with E-state index in [1.54, 1.807) is 0 Å². The molecule has 0 aromatic carbocycles. The maximum atomic E-state index is 13.2. The van der Waals surface area contributed by atoms with Crippen LogP contribution in [-0.2, 0) is 14.3 Å². The molecule has 0 bridgehead atoms. The highest BCUT2D eigenvalue weighted by Gasteiger charge is 2.24. The fraction of sp³-hybridized carbons (Fsp3) is 0.759. The molecular formula is C58H103NO5. The molecule has 3 atom stereocenters. The van der Waals surface area contributed by atoms with Crippen molar-refractivity contribution in [2.45, 2.75) is 277 Å². The number of nitrogens with one attached hydrogen (secondary N) is 1. The topological polar surface area (TPSA) is 95.9 Å². The number of esters is 1. The number of amides is 1. The Kier molecular flexibility index (Phi) is 49.1. The third-order valence-electron chi connectivity index (χ3n) is 12.2. The third-order valence-corrected chi connectivity index (χ3v) is 12.2. The molecule has 0 aromatic rings. The molecule has 3 N–H and O–H groups in total. The predicted molar refractivity (Wildman–Crippen MR) is 278 cm³/mol. The zero-order chi connectivity index (χ0) is 46.7. The number of unbranched alkanes of at least 4 members (excludes halogenated alkanes) is 29. The van der Waals surface area contributed by atoms with E-state index in [2.05, 4.69) is 50.4 Å². The van der Waals surface area contributed by atoms with Crippen LogP contribution in [0, 0.1) is 0 Å². The summed E-state index contributed by atoms with van der Waals surface area (Å²) < 4.78 is 5.93. The van der Waals surface area contributed by atoms with Gasteiger partial charge in [-0.15, -0.1) is 0 Å². The summed E-state index contributed by atoms with van der Waals surface area (Å²) in [5, 5.41) is 23.8. The molecule has 370 valence electrons. The standard InChI is InChI=1S/C58H103NO5/c1-4-7-10-13-16-19-22-25-28-29-30-33-36-39-42-45-48-51-58(63)64-54(49-46-43-40-37-34-31-26-23-20-17-14-11-8-5-2)52-57(62)59-55(53-60)56(61)50-47-44-41-38-35-32-27-24-21-18-15-12-9-6-3/h7,10,13,16,19,22,25,28-30,33,36,54-56,60-61H,4-6,8-9,11-12,14-15,17-18,20-21,23-24,26-27,31-32,34-35,37-53H2,1-3H3,(H,59,62)/b10-7-,16-13+,22-19+,28-25-,30-29+,36-33+. The lowest BCUT2D eigenvalue weighted by Gasteiger charge is -2.24. The summed E-state index contributed by atoms with van der Waals surface area (Å²) in [4.78, 5) is 26.2. The van der Waals surface area contributed by atoms with E-state index in [0.29, 0.717) is 19.3 Å². The smallest absolute Gasteiger partial charge is 0.306 e. The van der Waals surface area contributed by atoms with Crippen molar-refractivity contribution in [2.24, 2.45) is 0 Å². The van der Waals surface area contributed by atoms with Crippen LogP contribution in [0.15, 0.2) is 72.9 Å². The highest BCUT2D eigenvalue weighted by molar-refractivity contribution is 5.77. The maximum absolute atomic E-state index is 13.2. The number of hydrogen-bond acceptors (Lipinski definition) is 5. The molecule has 0 aliphatic carbocycles. The van der Waals surface area contributed by atoms with Crippen LogP contribution in [0.3, 0.4) is 0 Å². The number of ether oxygens (including phenoxy) is 1. The molecule has 0 radical (unpaired) electrons. The van der Waals surface area contributed by atoms with E-state index in [9.17, 15) is 19.8 Å². The molecule has 0 spiro atoms. The summed E-state index contributed by atoms with van der Waals surface area (Å²) in [5.74, 6) is -0.519. The van der Waals surface area contributed by atoms with Gasteiger partial charge < -0.3 is 20.3 Å². The Morgan fingerprint density at radius 1 is 0.469 bits per heavy atom. The number of carbonyl (C=O) groups excluding carboxylic acids is 2. The largest absolute Gasteiger partial charge is 0.462 e. The number of allylic oxidation sites excluding steroid dienone is 12. The molecule has 0 saturated carbocycles. The second kappa shape index (κ2) is 51.3. The van der Waals surface area contributed by atoms with Gasteiger partial charge in [-0.25, -0.2) is 0 Å². The minimum absolute atomic E-state index is 0.0593. The first kappa shape index (κ1) is 61.3. The Labute approximate surface area is 396 Å². The summed E-state index contributed by atoms with van der Waals surface area (Å²) in [5.41, 5.74) is 0. The van der Waals surface area contributed by atoms with E-state index in [0.717, 1.165) is 70.6 Å². The monoisotopic (exact) mass is 894 g/mol. The Morgan fingerprint density at radius 3 is 1.27 bits per heavy atom. The molecule has 0 heterocycles. The molecule has 0 rings (SSSR count). The Bertz CT molecular complexity index is 1190. The summed E-state index contributed by atoms with van der Waals surface area (Å²) >= 11 is 0. The third kappa shape index (κ3) is 45.9. The first-order valence-electron chi connectivity index (χ1n) is 27.2. The van der Waals surface area contributed by atoms with Crippen molar-refractivity contribution in [3.05, 3.63) is 72.9 Å². The highest BCUT2D eigenvalue weighted by Crippen LogP contribution is 2.18. The first-order valence-corrected chi connectivity index (χ1v) is 27.2. The number of hydrogen-bond donors (Lipinski definition) is 3. The molecule has 0 saturated heterocycles. The van der Waals surface area contributed by atoms with Crippen LogP contribution in [0.2, 0.25) is 0 Å². The van der Waals surface area contributed by atoms with E-state index in [1.807, 2.05) is 48.6 Å². The van der Waals surface area contributed by atoms with E-state index < -0.39 is 18.2 Å². The van der Waals surface area contributed by atoms with Crippen LogP contribution >= 0.6 is 0 Å². The van der Waals surface area contributed by atoms with Crippen LogP contribution < -0.4 is 5.32 Å². The number of aliphatic hydroxyl groups is 2. The Hall–Kier alpha value is -2.70. The second-order valence-corrected chi connectivity index (χ2v) is 18.4. The van der Waals surface area contributed by atoms with E-state index in [4.69, 9.17) is 4.74 Å². The molecule has 0 aliphatic rings. The molecule has 0 aromatic heterocycles. The lowest BCUT2D eigenvalue weighted by atomic mass is 10.0. The van der Waals surface area contributed by atoms with Gasteiger partial charge in [-0.1, -0.05) is 273 Å². The van der Waals surface area contributed by atoms with Gasteiger partial charge in [-0.05, 0) is 44.9 Å². The van der Waals surface area contributed by atoms with Crippen LogP contribution in [-0.4, -0.2) is 46.9 Å². The summed E-state index contributed by atoms with van der Waals surface area (Å²) in [6.45, 7) is 6.35. The van der Waals surface area contributed by atoms with Crippen molar-refractivity contribution in [3.8, 4) is 0 Å². The van der Waals surface area contributed by atoms with Crippen LogP contribution in [0.4, 0.5) is 0 Å². The Balaban J connectivity index is 4.65. The summed E-state index contributed by atoms with van der Waals surface area (Å²) in [6, 6.07) is -0.712. The number of aliphatic hydroxyl groups excluding tert-OH is 2. The zero-order valence-electron chi connectivity index (χ0n) is 42.1. The SMILES string of the molecule is CC\C=C/C=C/C=C/C=C\C=C\C=C\CCCCCC(=O)OC(CCCCCCCCCCCCCCCC)CC(=O)NC(CO)C(O)CCCCCCCCCCCCCCCC. The van der Waals surface area contributed by atoms with E-state index >= 15 is 0 Å². The molecule has 1 amide bonds. The molecular weight excluding hydrogens is 791 g/mol. The minimum atomic E-state index is -0.797. The minimum Gasteiger partial charge on any atom is -0.462 e. The Morgan fingerprint density at radius 2 is 0.844 bits per heavy atom. The lowest BCUT2D eigenvalue weighted by molar-refractivity contribution is -0.151. The molecule has 6 nitrogen and oxygen atoms in total. The fourth-order valence-electron chi connectivity index (χ4n) is 8.11. The number of carbonyl (C=O) groups is 2. The van der Waals surface area contributed by atoms with Gasteiger partial charge in [0, 0.05) is 6.42 Å². The molecule has 64 heavy (non-hydrogen) atoms. The van der Waals surface area contributed by atoms with Crippen molar-refractivity contribution in [3.63, 3.8) is 0 Å². The maximum Gasteiger partial charge on any atom is 0.306 e. The predicted octanol–water partition coefficient (Wildman–Crippen LogP) is 16.6. The second-order valence-electron chi connectivity index (χ2n) is 18.4. The van der Waals surface area contributed by atoms with Crippen molar-refractivity contribution in [2.75, 3.05) is 6.61 Å². The number of rotatable bonds is 48. The fourth-order valence-corrected chi connectivity index (χ4v) is 8.11. The quantitative estimate of drug-likeness (QED) is 0.0321. The van der Waals surface area contributed by atoms with Gasteiger partial charge >= 0.3 is 5.97 Å². The molecule has 0 aliphatic heterocycles.